The number of carbonyl (C=O) groups excluding carboxylic acids is 2. The van der Waals surface area contributed by atoms with Crippen LogP contribution in [0.1, 0.15) is 45.4 Å². The number of rotatable bonds is 8. The van der Waals surface area contributed by atoms with E-state index in [4.69, 9.17) is 10.8 Å². The highest BCUT2D eigenvalue weighted by atomic mass is 16.4. The molecule has 0 spiro atoms. The third kappa shape index (κ3) is 4.19. The minimum Gasteiger partial charge on any atom is -0.480 e. The van der Waals surface area contributed by atoms with Gasteiger partial charge in [-0.25, -0.2) is 4.79 Å². The van der Waals surface area contributed by atoms with Crippen molar-refractivity contribution in [1.82, 2.24) is 10.6 Å². The summed E-state index contributed by atoms with van der Waals surface area (Å²) < 4.78 is 0. The fraction of sp³-hybridized carbons (Fsp3) is 0.769. The van der Waals surface area contributed by atoms with Crippen LogP contribution in [0.2, 0.25) is 0 Å². The molecule has 20 heavy (non-hydrogen) atoms. The van der Waals surface area contributed by atoms with Crippen LogP contribution in [0.4, 0.5) is 0 Å². The maximum absolute atomic E-state index is 12.4. The molecule has 7 nitrogen and oxygen atoms in total. The second-order valence-electron chi connectivity index (χ2n) is 5.23. The number of carboxylic acids is 1. The lowest BCUT2D eigenvalue weighted by Crippen LogP contribution is -2.57. The van der Waals surface area contributed by atoms with Crippen LogP contribution in [-0.4, -0.2) is 41.0 Å². The number of carboxylic acid groups (broad SMARTS) is 1. The second kappa shape index (κ2) is 7.23. The molecule has 0 aromatic rings. The van der Waals surface area contributed by atoms with Gasteiger partial charge < -0.3 is 21.5 Å². The van der Waals surface area contributed by atoms with Crippen molar-refractivity contribution in [3.8, 4) is 0 Å². The SMILES string of the molecule is CCCC1(C(=O)NC(CCC(N)=O)C(=O)O)CCCN1. The first-order valence-corrected chi connectivity index (χ1v) is 6.98. The Hall–Kier alpha value is -1.63. The number of hydrogen-bond donors (Lipinski definition) is 4. The number of hydrogen-bond acceptors (Lipinski definition) is 4. The van der Waals surface area contributed by atoms with Crippen molar-refractivity contribution < 1.29 is 19.5 Å². The summed E-state index contributed by atoms with van der Waals surface area (Å²) in [4.78, 5) is 34.2. The van der Waals surface area contributed by atoms with Gasteiger partial charge in [-0.2, -0.15) is 0 Å². The van der Waals surface area contributed by atoms with Crippen molar-refractivity contribution >= 4 is 17.8 Å². The summed E-state index contributed by atoms with van der Waals surface area (Å²) in [6, 6.07) is -1.08. The van der Waals surface area contributed by atoms with Crippen molar-refractivity contribution in [3.63, 3.8) is 0 Å². The minimum atomic E-state index is -1.15. The normalized spacial score (nSPS) is 23.2. The molecule has 1 heterocycles. The van der Waals surface area contributed by atoms with Crippen molar-refractivity contribution in [2.75, 3.05) is 6.54 Å². The van der Waals surface area contributed by atoms with Crippen LogP contribution in [0.5, 0.6) is 0 Å². The van der Waals surface area contributed by atoms with Gasteiger partial charge in [0, 0.05) is 6.42 Å². The van der Waals surface area contributed by atoms with E-state index in [1.165, 1.54) is 0 Å². The zero-order chi connectivity index (χ0) is 15.2. The Morgan fingerprint density at radius 3 is 2.60 bits per heavy atom. The molecular formula is C13H23N3O4. The van der Waals surface area contributed by atoms with Gasteiger partial charge in [0.15, 0.2) is 0 Å². The zero-order valence-corrected chi connectivity index (χ0v) is 11.8. The lowest BCUT2D eigenvalue weighted by atomic mass is 9.90. The lowest BCUT2D eigenvalue weighted by molar-refractivity contribution is -0.143. The zero-order valence-electron chi connectivity index (χ0n) is 11.8. The van der Waals surface area contributed by atoms with E-state index in [-0.39, 0.29) is 18.7 Å². The van der Waals surface area contributed by atoms with Gasteiger partial charge in [-0.1, -0.05) is 13.3 Å². The summed E-state index contributed by atoms with van der Waals surface area (Å²) in [6.45, 7) is 2.74. The molecule has 1 rings (SSSR count). The predicted octanol–water partition coefficient (Wildman–Crippen LogP) is -0.256. The summed E-state index contributed by atoms with van der Waals surface area (Å²) in [6.07, 6.45) is 3.05. The maximum Gasteiger partial charge on any atom is 0.326 e. The summed E-state index contributed by atoms with van der Waals surface area (Å²) >= 11 is 0. The molecule has 0 aromatic heterocycles. The quantitative estimate of drug-likeness (QED) is 0.489. The van der Waals surface area contributed by atoms with Crippen LogP contribution >= 0.6 is 0 Å². The van der Waals surface area contributed by atoms with Crippen LogP contribution in [-0.2, 0) is 14.4 Å². The molecule has 1 saturated heterocycles. The number of primary amides is 1. The van der Waals surface area contributed by atoms with Gasteiger partial charge in [-0.15, -0.1) is 0 Å². The smallest absolute Gasteiger partial charge is 0.326 e. The molecule has 1 aliphatic heterocycles. The Morgan fingerprint density at radius 1 is 1.45 bits per heavy atom. The van der Waals surface area contributed by atoms with Gasteiger partial charge in [0.25, 0.3) is 0 Å². The van der Waals surface area contributed by atoms with Crippen molar-refractivity contribution in [1.29, 1.82) is 0 Å². The van der Waals surface area contributed by atoms with Crippen molar-refractivity contribution in [2.45, 2.75) is 57.0 Å². The monoisotopic (exact) mass is 285 g/mol. The third-order valence-electron chi connectivity index (χ3n) is 3.64. The Balaban J connectivity index is 2.68. The molecule has 0 aromatic carbocycles. The Labute approximate surface area is 118 Å². The fourth-order valence-corrected chi connectivity index (χ4v) is 2.59. The highest BCUT2D eigenvalue weighted by molar-refractivity contribution is 5.90. The molecule has 1 aliphatic rings. The van der Waals surface area contributed by atoms with Gasteiger partial charge in [0.1, 0.15) is 6.04 Å². The molecule has 0 saturated carbocycles. The summed E-state index contributed by atoms with van der Waals surface area (Å²) in [5.74, 6) is -2.02. The molecule has 0 radical (unpaired) electrons. The molecule has 1 fully saturated rings. The van der Waals surface area contributed by atoms with Crippen LogP contribution in [0, 0.1) is 0 Å². The van der Waals surface area contributed by atoms with E-state index < -0.39 is 23.5 Å². The second-order valence-corrected chi connectivity index (χ2v) is 5.23. The first-order valence-electron chi connectivity index (χ1n) is 6.98. The van der Waals surface area contributed by atoms with Gasteiger partial charge in [0.2, 0.25) is 11.8 Å². The van der Waals surface area contributed by atoms with Crippen molar-refractivity contribution in [3.05, 3.63) is 0 Å². The van der Waals surface area contributed by atoms with Gasteiger partial charge in [-0.05, 0) is 32.2 Å². The minimum absolute atomic E-state index is 0.0125. The summed E-state index contributed by atoms with van der Waals surface area (Å²) in [5.41, 5.74) is 4.34. The number of nitrogens with two attached hydrogens (primary N) is 1. The number of nitrogens with one attached hydrogen (secondary N) is 2. The average molecular weight is 285 g/mol. The van der Waals surface area contributed by atoms with Crippen LogP contribution < -0.4 is 16.4 Å². The molecule has 2 amide bonds. The highest BCUT2D eigenvalue weighted by Gasteiger charge is 2.41. The maximum atomic E-state index is 12.4. The molecule has 7 heteroatoms. The topological polar surface area (TPSA) is 122 Å². The summed E-state index contributed by atoms with van der Waals surface area (Å²) in [7, 11) is 0. The van der Waals surface area contributed by atoms with Gasteiger partial charge in [0.05, 0.1) is 5.54 Å². The molecular weight excluding hydrogens is 262 g/mol. The number of amides is 2. The number of aliphatic carboxylic acids is 1. The van der Waals surface area contributed by atoms with Crippen molar-refractivity contribution in [2.24, 2.45) is 5.73 Å². The molecule has 114 valence electrons. The molecule has 2 unspecified atom stereocenters. The standard InChI is InChI=1S/C13H23N3O4/c1-2-6-13(7-3-8-15-13)12(20)16-9(11(18)19)4-5-10(14)17/h9,15H,2-8H2,1H3,(H2,14,17)(H,16,20)(H,18,19). The molecule has 5 N–H and O–H groups in total. The Morgan fingerprint density at radius 2 is 2.15 bits per heavy atom. The molecule has 2 atom stereocenters. The van der Waals surface area contributed by atoms with Gasteiger partial charge in [-0.3, -0.25) is 9.59 Å². The van der Waals surface area contributed by atoms with Crippen LogP contribution in [0.25, 0.3) is 0 Å². The van der Waals surface area contributed by atoms with E-state index in [1.807, 2.05) is 6.92 Å². The predicted molar refractivity (Wildman–Crippen MR) is 72.9 cm³/mol. The van der Waals surface area contributed by atoms with E-state index in [0.717, 1.165) is 19.4 Å². The van der Waals surface area contributed by atoms with Crippen LogP contribution in [0.3, 0.4) is 0 Å². The van der Waals surface area contributed by atoms with Gasteiger partial charge >= 0.3 is 5.97 Å². The highest BCUT2D eigenvalue weighted by Crippen LogP contribution is 2.25. The van der Waals surface area contributed by atoms with E-state index in [9.17, 15) is 14.4 Å². The van der Waals surface area contributed by atoms with E-state index in [2.05, 4.69) is 10.6 Å². The van der Waals surface area contributed by atoms with Crippen LogP contribution in [0.15, 0.2) is 0 Å². The first kappa shape index (κ1) is 16.4. The lowest BCUT2D eigenvalue weighted by Gasteiger charge is -2.29. The summed E-state index contributed by atoms with van der Waals surface area (Å²) in [5, 5.41) is 14.8. The van der Waals surface area contributed by atoms with E-state index in [1.54, 1.807) is 0 Å². The molecule has 0 bridgehead atoms. The van der Waals surface area contributed by atoms with E-state index in [0.29, 0.717) is 12.8 Å². The largest absolute Gasteiger partial charge is 0.480 e. The Kier molecular flexibility index (Phi) is 5.94. The molecule has 0 aliphatic carbocycles. The first-order chi connectivity index (χ1) is 9.41. The fourth-order valence-electron chi connectivity index (χ4n) is 2.59. The third-order valence-corrected chi connectivity index (χ3v) is 3.64. The number of carbonyl (C=O) groups is 3. The Bertz CT molecular complexity index is 378. The average Bonchev–Trinajstić information content (AvgIpc) is 2.83. The van der Waals surface area contributed by atoms with E-state index >= 15 is 0 Å².